The summed E-state index contributed by atoms with van der Waals surface area (Å²) in [4.78, 5) is 23.6. The Kier molecular flexibility index (Phi) is 6.91. The highest BCUT2D eigenvalue weighted by Crippen LogP contribution is 2.27. The van der Waals surface area contributed by atoms with E-state index in [0.717, 1.165) is 5.56 Å². The number of ketones is 1. The van der Waals surface area contributed by atoms with Crippen LogP contribution in [0.2, 0.25) is 5.02 Å². The molecule has 156 valence electrons. The molecule has 0 saturated carbocycles. The lowest BCUT2D eigenvalue weighted by molar-refractivity contribution is -0.138. The second-order valence-electron chi connectivity index (χ2n) is 7.05. The number of carbonyl (C=O) groups is 2. The number of aromatic amines is 1. The van der Waals surface area contributed by atoms with Crippen LogP contribution in [-0.2, 0) is 11.2 Å². The molecule has 4 N–H and O–H groups in total. The molecule has 0 radical (unpaired) electrons. The Morgan fingerprint density at radius 2 is 1.93 bits per heavy atom. The number of rotatable bonds is 9. The largest absolute Gasteiger partial charge is 0.480 e. The molecular formula is C21H20ClFN4O3. The van der Waals surface area contributed by atoms with Crippen LogP contribution < -0.4 is 5.73 Å². The van der Waals surface area contributed by atoms with Gasteiger partial charge in [0.2, 0.25) is 0 Å². The second kappa shape index (κ2) is 9.60. The van der Waals surface area contributed by atoms with Crippen molar-refractivity contribution in [1.29, 1.82) is 0 Å². The van der Waals surface area contributed by atoms with E-state index in [0.29, 0.717) is 22.6 Å². The number of Topliss-reactive ketones (excluding diaryl/α,β-unsaturated/α-hetero) is 1. The Bertz CT molecular complexity index is 1030. The summed E-state index contributed by atoms with van der Waals surface area (Å²) in [7, 11) is 0. The number of carboxylic acids is 1. The lowest BCUT2D eigenvalue weighted by Crippen LogP contribution is -2.33. The van der Waals surface area contributed by atoms with Crippen molar-refractivity contribution in [2.75, 3.05) is 0 Å². The molecule has 0 aliphatic carbocycles. The minimum Gasteiger partial charge on any atom is -0.480 e. The van der Waals surface area contributed by atoms with E-state index in [2.05, 4.69) is 15.4 Å². The molecule has 1 aromatic heterocycles. The molecule has 0 bridgehead atoms. The third kappa shape index (κ3) is 5.49. The highest BCUT2D eigenvalue weighted by molar-refractivity contribution is 6.30. The van der Waals surface area contributed by atoms with Crippen LogP contribution in [0.4, 0.5) is 4.39 Å². The molecule has 1 heterocycles. The van der Waals surface area contributed by atoms with Gasteiger partial charge in [0.1, 0.15) is 17.6 Å². The Morgan fingerprint density at radius 3 is 2.57 bits per heavy atom. The third-order valence-corrected chi connectivity index (χ3v) is 5.03. The Hall–Kier alpha value is -3.10. The molecule has 9 heteroatoms. The zero-order valence-electron chi connectivity index (χ0n) is 15.9. The molecule has 7 nitrogen and oxygen atoms in total. The zero-order chi connectivity index (χ0) is 21.7. The second-order valence-corrected chi connectivity index (χ2v) is 7.49. The van der Waals surface area contributed by atoms with Gasteiger partial charge >= 0.3 is 5.97 Å². The maximum Gasteiger partial charge on any atom is 0.320 e. The number of aliphatic carboxylic acids is 1. The molecule has 30 heavy (non-hydrogen) atoms. The normalized spacial score (nSPS) is 13.0. The summed E-state index contributed by atoms with van der Waals surface area (Å²) in [5.41, 5.74) is 7.81. The first-order valence-electron chi connectivity index (χ1n) is 9.25. The molecule has 0 amide bonds. The van der Waals surface area contributed by atoms with Crippen molar-refractivity contribution >= 4 is 23.4 Å². The summed E-state index contributed by atoms with van der Waals surface area (Å²) in [6, 6.07) is 10.4. The number of carboxylic acid groups (broad SMARTS) is 1. The average Bonchev–Trinajstić information content (AvgIpc) is 3.25. The number of nitrogens with zero attached hydrogens (tertiary/aromatic N) is 2. The number of aromatic nitrogens is 3. The van der Waals surface area contributed by atoms with Crippen LogP contribution >= 0.6 is 11.6 Å². The van der Waals surface area contributed by atoms with Gasteiger partial charge in [-0.1, -0.05) is 35.9 Å². The maximum atomic E-state index is 14.1. The smallest absolute Gasteiger partial charge is 0.320 e. The van der Waals surface area contributed by atoms with E-state index in [1.807, 2.05) is 12.1 Å². The van der Waals surface area contributed by atoms with Gasteiger partial charge < -0.3 is 10.8 Å². The SMILES string of the molecule is N[C@H](C[C@H](CC(=O)c1cn[nH]n1)Cc1ccc(-c2cc(Cl)ccc2F)cc1)C(=O)O. The summed E-state index contributed by atoms with van der Waals surface area (Å²) in [5, 5.41) is 19.4. The highest BCUT2D eigenvalue weighted by Gasteiger charge is 2.23. The topological polar surface area (TPSA) is 122 Å². The Balaban J connectivity index is 1.76. The van der Waals surface area contributed by atoms with Crippen molar-refractivity contribution < 1.29 is 19.1 Å². The highest BCUT2D eigenvalue weighted by atomic mass is 35.5. The number of nitrogens with two attached hydrogens (primary N) is 1. The van der Waals surface area contributed by atoms with Gasteiger partial charge in [-0.15, -0.1) is 0 Å². The summed E-state index contributed by atoms with van der Waals surface area (Å²) in [6.45, 7) is 0. The minimum absolute atomic E-state index is 0.0815. The minimum atomic E-state index is -1.12. The predicted molar refractivity (Wildman–Crippen MR) is 110 cm³/mol. The van der Waals surface area contributed by atoms with Gasteiger partial charge in [0.15, 0.2) is 5.78 Å². The van der Waals surface area contributed by atoms with E-state index in [4.69, 9.17) is 22.4 Å². The van der Waals surface area contributed by atoms with E-state index in [9.17, 15) is 14.0 Å². The van der Waals surface area contributed by atoms with Gasteiger partial charge in [0.05, 0.1) is 6.20 Å². The predicted octanol–water partition coefficient (Wildman–Crippen LogP) is 3.50. The summed E-state index contributed by atoms with van der Waals surface area (Å²) >= 11 is 5.96. The van der Waals surface area contributed by atoms with Crippen LogP contribution in [0.15, 0.2) is 48.7 Å². The molecule has 2 aromatic carbocycles. The van der Waals surface area contributed by atoms with Crippen LogP contribution in [0.1, 0.15) is 28.9 Å². The van der Waals surface area contributed by atoms with Crippen molar-refractivity contribution in [2.45, 2.75) is 25.3 Å². The Labute approximate surface area is 177 Å². The van der Waals surface area contributed by atoms with E-state index in [1.165, 1.54) is 18.3 Å². The molecular weight excluding hydrogens is 411 g/mol. The van der Waals surface area contributed by atoms with Crippen LogP contribution in [0.25, 0.3) is 11.1 Å². The van der Waals surface area contributed by atoms with Crippen LogP contribution in [0.5, 0.6) is 0 Å². The van der Waals surface area contributed by atoms with Crippen LogP contribution in [0, 0.1) is 11.7 Å². The van der Waals surface area contributed by atoms with Gasteiger partial charge in [0.25, 0.3) is 0 Å². The third-order valence-electron chi connectivity index (χ3n) is 4.80. The summed E-state index contributed by atoms with van der Waals surface area (Å²) in [5.74, 6) is -2.06. The maximum absolute atomic E-state index is 14.1. The first kappa shape index (κ1) is 21.6. The fourth-order valence-electron chi connectivity index (χ4n) is 3.27. The van der Waals surface area contributed by atoms with Crippen LogP contribution in [0.3, 0.4) is 0 Å². The van der Waals surface area contributed by atoms with Crippen LogP contribution in [-0.4, -0.2) is 38.3 Å². The molecule has 0 aliphatic heterocycles. The summed E-state index contributed by atoms with van der Waals surface area (Å²) in [6.07, 6.45) is 1.97. The van der Waals surface area contributed by atoms with Crippen molar-refractivity contribution in [3.8, 4) is 11.1 Å². The zero-order valence-corrected chi connectivity index (χ0v) is 16.6. The molecule has 0 fully saturated rings. The van der Waals surface area contributed by atoms with E-state index < -0.39 is 12.0 Å². The fourth-order valence-corrected chi connectivity index (χ4v) is 3.45. The number of benzene rings is 2. The molecule has 3 rings (SSSR count). The van der Waals surface area contributed by atoms with Gasteiger partial charge in [-0.2, -0.15) is 15.4 Å². The van der Waals surface area contributed by atoms with Gasteiger partial charge in [0, 0.05) is 17.0 Å². The lowest BCUT2D eigenvalue weighted by Gasteiger charge is -2.18. The number of nitrogens with one attached hydrogen (secondary N) is 1. The van der Waals surface area contributed by atoms with Gasteiger partial charge in [-0.05, 0) is 48.1 Å². The molecule has 2 atom stereocenters. The van der Waals surface area contributed by atoms with Crippen molar-refractivity contribution in [1.82, 2.24) is 15.4 Å². The first-order valence-corrected chi connectivity index (χ1v) is 9.63. The van der Waals surface area contributed by atoms with E-state index in [-0.39, 0.29) is 36.1 Å². The molecule has 0 spiro atoms. The number of hydrogen-bond acceptors (Lipinski definition) is 5. The molecule has 0 saturated heterocycles. The first-order chi connectivity index (χ1) is 14.3. The monoisotopic (exact) mass is 430 g/mol. The standard InChI is InChI=1S/C21H20ClFN4O3/c22-15-5-6-17(23)16(10-15)14-3-1-12(2-4-14)7-13(8-18(24)21(29)30)9-20(28)19-11-25-27-26-19/h1-6,10-11,13,18H,7-9,24H2,(H,29,30)(H,25,26,27)/t13-,18-/m1/s1. The van der Waals surface area contributed by atoms with Crippen molar-refractivity contribution in [2.24, 2.45) is 11.7 Å². The number of carbonyl (C=O) groups excluding carboxylic acids is 1. The quantitative estimate of drug-likeness (QED) is 0.446. The lowest BCUT2D eigenvalue weighted by atomic mass is 9.87. The average molecular weight is 431 g/mol. The number of halogens is 2. The number of H-pyrrole nitrogens is 1. The number of hydrogen-bond donors (Lipinski definition) is 3. The summed E-state index contributed by atoms with van der Waals surface area (Å²) < 4.78 is 14.1. The fraction of sp³-hybridized carbons (Fsp3) is 0.238. The molecule has 0 unspecified atom stereocenters. The van der Waals surface area contributed by atoms with Gasteiger partial charge in [-0.25, -0.2) is 4.39 Å². The molecule has 0 aliphatic rings. The molecule has 3 aromatic rings. The van der Waals surface area contributed by atoms with E-state index >= 15 is 0 Å². The Morgan fingerprint density at radius 1 is 1.20 bits per heavy atom. The van der Waals surface area contributed by atoms with E-state index in [1.54, 1.807) is 18.2 Å². The van der Waals surface area contributed by atoms with Gasteiger partial charge in [-0.3, -0.25) is 9.59 Å². The van der Waals surface area contributed by atoms with Crippen molar-refractivity contribution in [3.05, 3.63) is 70.8 Å². The van der Waals surface area contributed by atoms with Crippen molar-refractivity contribution in [3.63, 3.8) is 0 Å².